The van der Waals surface area contributed by atoms with Gasteiger partial charge in [0.1, 0.15) is 17.2 Å². The van der Waals surface area contributed by atoms with Gasteiger partial charge in [0.05, 0.1) is 20.8 Å². The molecule has 19 heavy (non-hydrogen) atoms. The summed E-state index contributed by atoms with van der Waals surface area (Å²) in [6.07, 6.45) is 0. The molecule has 0 aliphatic heterocycles. The van der Waals surface area contributed by atoms with Crippen molar-refractivity contribution in [1.29, 1.82) is 0 Å². The third-order valence-electron chi connectivity index (χ3n) is 2.68. The molecule has 0 spiro atoms. The molecule has 6 heteroatoms. The quantitative estimate of drug-likeness (QED) is 0.890. The van der Waals surface area contributed by atoms with Crippen LogP contribution >= 0.6 is 0 Å². The van der Waals surface area contributed by atoms with E-state index in [9.17, 15) is 0 Å². The first-order valence-corrected chi connectivity index (χ1v) is 5.66. The van der Waals surface area contributed by atoms with E-state index in [1.807, 2.05) is 12.1 Å². The van der Waals surface area contributed by atoms with Gasteiger partial charge in [-0.2, -0.15) is 0 Å². The molecule has 1 aromatic heterocycles. The first-order valence-electron chi connectivity index (χ1n) is 5.66. The van der Waals surface area contributed by atoms with E-state index >= 15 is 0 Å². The van der Waals surface area contributed by atoms with Crippen LogP contribution in [0.4, 0.5) is 5.88 Å². The predicted octanol–water partition coefficient (Wildman–Crippen LogP) is 2.09. The maximum absolute atomic E-state index is 5.55. The zero-order chi connectivity index (χ0) is 13.8. The second-order valence-electron chi connectivity index (χ2n) is 3.91. The highest BCUT2D eigenvalue weighted by Gasteiger charge is 2.16. The molecule has 0 unspecified atom stereocenters. The molecule has 0 aliphatic rings. The van der Waals surface area contributed by atoms with Crippen molar-refractivity contribution in [1.82, 2.24) is 5.16 Å². The Morgan fingerprint density at radius 1 is 1.16 bits per heavy atom. The van der Waals surface area contributed by atoms with Crippen molar-refractivity contribution in [3.05, 3.63) is 23.8 Å². The first-order chi connectivity index (χ1) is 9.19. The van der Waals surface area contributed by atoms with Gasteiger partial charge in [-0.1, -0.05) is 5.16 Å². The van der Waals surface area contributed by atoms with E-state index in [0.717, 1.165) is 11.1 Å². The Bertz CT molecular complexity index is 566. The summed E-state index contributed by atoms with van der Waals surface area (Å²) < 4.78 is 20.8. The van der Waals surface area contributed by atoms with Gasteiger partial charge in [-0.3, -0.25) is 0 Å². The van der Waals surface area contributed by atoms with E-state index in [1.54, 1.807) is 27.4 Å². The fourth-order valence-electron chi connectivity index (χ4n) is 1.89. The number of hydrogen-bond donors (Lipinski definition) is 1. The Hall–Kier alpha value is -2.21. The number of ether oxygens (including phenoxy) is 3. The van der Waals surface area contributed by atoms with Crippen molar-refractivity contribution < 1.29 is 18.7 Å². The lowest BCUT2D eigenvalue weighted by atomic mass is 10.1. The summed E-state index contributed by atoms with van der Waals surface area (Å²) >= 11 is 0. The second kappa shape index (κ2) is 5.62. The van der Waals surface area contributed by atoms with Crippen LogP contribution in [0.15, 0.2) is 22.7 Å². The smallest absolute Gasteiger partial charge is 0.222 e. The van der Waals surface area contributed by atoms with Crippen LogP contribution in [0.25, 0.3) is 11.3 Å². The van der Waals surface area contributed by atoms with Gasteiger partial charge in [0.15, 0.2) is 0 Å². The number of nitrogens with zero attached hydrogens (tertiary/aromatic N) is 1. The molecule has 0 atom stereocenters. The fraction of sp³-hybridized carbons (Fsp3) is 0.308. The zero-order valence-electron chi connectivity index (χ0n) is 11.1. The van der Waals surface area contributed by atoms with Crippen LogP contribution in [0.3, 0.4) is 0 Å². The molecule has 0 amide bonds. The van der Waals surface area contributed by atoms with E-state index in [2.05, 4.69) is 5.16 Å². The molecule has 6 nitrogen and oxygen atoms in total. The van der Waals surface area contributed by atoms with Gasteiger partial charge in [-0.15, -0.1) is 0 Å². The van der Waals surface area contributed by atoms with Gasteiger partial charge in [0.2, 0.25) is 5.88 Å². The highest BCUT2D eigenvalue weighted by atomic mass is 16.5. The van der Waals surface area contributed by atoms with E-state index in [4.69, 9.17) is 24.5 Å². The Balaban J connectivity index is 2.59. The lowest BCUT2D eigenvalue weighted by Gasteiger charge is -2.13. The summed E-state index contributed by atoms with van der Waals surface area (Å²) in [6, 6.07) is 5.30. The number of methoxy groups -OCH3 is 3. The summed E-state index contributed by atoms with van der Waals surface area (Å²) in [5.74, 6) is 1.59. The van der Waals surface area contributed by atoms with Crippen LogP contribution in [0.1, 0.15) is 5.56 Å². The van der Waals surface area contributed by atoms with Gasteiger partial charge in [-0.25, -0.2) is 0 Å². The summed E-state index contributed by atoms with van der Waals surface area (Å²) in [6.45, 7) is 0.403. The van der Waals surface area contributed by atoms with Gasteiger partial charge in [0, 0.05) is 24.3 Å². The Labute approximate surface area is 111 Å². The average Bonchev–Trinajstić information content (AvgIpc) is 2.84. The monoisotopic (exact) mass is 264 g/mol. The molecule has 0 aliphatic carbocycles. The molecule has 2 rings (SSSR count). The molecule has 1 aromatic carbocycles. The largest absolute Gasteiger partial charge is 0.497 e. The lowest BCUT2D eigenvalue weighted by Crippen LogP contribution is -1.98. The topological polar surface area (TPSA) is 79.7 Å². The van der Waals surface area contributed by atoms with Gasteiger partial charge in [0.25, 0.3) is 0 Å². The molecule has 102 valence electrons. The number of rotatable bonds is 5. The van der Waals surface area contributed by atoms with E-state index in [1.165, 1.54) is 0 Å². The number of hydrogen-bond acceptors (Lipinski definition) is 6. The molecule has 0 saturated heterocycles. The van der Waals surface area contributed by atoms with Crippen molar-refractivity contribution in [2.24, 2.45) is 0 Å². The second-order valence-corrected chi connectivity index (χ2v) is 3.91. The van der Waals surface area contributed by atoms with Crippen LogP contribution < -0.4 is 15.2 Å². The number of benzene rings is 1. The molecule has 0 radical (unpaired) electrons. The van der Waals surface area contributed by atoms with Crippen molar-refractivity contribution in [2.75, 3.05) is 27.1 Å². The molecular formula is C13H16N2O4. The summed E-state index contributed by atoms with van der Waals surface area (Å²) in [4.78, 5) is 0. The van der Waals surface area contributed by atoms with Crippen LogP contribution in [-0.2, 0) is 11.3 Å². The van der Waals surface area contributed by atoms with Crippen LogP contribution in [0, 0.1) is 0 Å². The summed E-state index contributed by atoms with van der Waals surface area (Å²) in [5, 5.41) is 3.89. The van der Waals surface area contributed by atoms with Crippen molar-refractivity contribution in [3.8, 4) is 22.8 Å². The van der Waals surface area contributed by atoms with Crippen LogP contribution in [0.5, 0.6) is 11.5 Å². The third-order valence-corrected chi connectivity index (χ3v) is 2.68. The number of nitrogen functional groups attached to an aromatic ring is 1. The normalized spacial score (nSPS) is 10.5. The average molecular weight is 264 g/mol. The van der Waals surface area contributed by atoms with E-state index in [0.29, 0.717) is 23.8 Å². The standard InChI is InChI=1S/C13H16N2O4/c1-16-7-8-4-9(17-2)5-10(13(8)18-3)11-6-12(14)19-15-11/h4-6H,7,14H2,1-3H3. The van der Waals surface area contributed by atoms with Gasteiger partial charge >= 0.3 is 0 Å². The molecule has 0 bridgehead atoms. The van der Waals surface area contributed by atoms with Gasteiger partial charge < -0.3 is 24.5 Å². The summed E-state index contributed by atoms with van der Waals surface area (Å²) in [7, 11) is 4.81. The maximum Gasteiger partial charge on any atom is 0.222 e. The fourth-order valence-corrected chi connectivity index (χ4v) is 1.89. The molecule has 0 saturated carbocycles. The van der Waals surface area contributed by atoms with Crippen LogP contribution in [0.2, 0.25) is 0 Å². The number of aromatic nitrogens is 1. The number of anilines is 1. The molecular weight excluding hydrogens is 248 g/mol. The van der Waals surface area contributed by atoms with Crippen molar-refractivity contribution >= 4 is 5.88 Å². The Morgan fingerprint density at radius 2 is 1.95 bits per heavy atom. The van der Waals surface area contributed by atoms with Crippen molar-refractivity contribution in [3.63, 3.8) is 0 Å². The SMILES string of the molecule is COCc1cc(OC)cc(-c2cc(N)on2)c1OC. The minimum absolute atomic E-state index is 0.244. The highest BCUT2D eigenvalue weighted by molar-refractivity contribution is 5.72. The maximum atomic E-state index is 5.55. The third kappa shape index (κ3) is 2.63. The Kier molecular flexibility index (Phi) is 3.91. The minimum Gasteiger partial charge on any atom is -0.497 e. The Morgan fingerprint density at radius 3 is 2.47 bits per heavy atom. The summed E-state index contributed by atoms with van der Waals surface area (Å²) in [5.41, 5.74) is 7.74. The molecule has 0 fully saturated rings. The predicted molar refractivity (Wildman–Crippen MR) is 70.2 cm³/mol. The first kappa shape index (κ1) is 13.2. The molecule has 1 heterocycles. The zero-order valence-corrected chi connectivity index (χ0v) is 11.1. The molecule has 2 N–H and O–H groups in total. The van der Waals surface area contributed by atoms with Crippen LogP contribution in [-0.4, -0.2) is 26.5 Å². The van der Waals surface area contributed by atoms with Crippen molar-refractivity contribution in [2.45, 2.75) is 6.61 Å². The minimum atomic E-state index is 0.244. The highest BCUT2D eigenvalue weighted by Crippen LogP contribution is 2.37. The van der Waals surface area contributed by atoms with E-state index < -0.39 is 0 Å². The van der Waals surface area contributed by atoms with E-state index in [-0.39, 0.29) is 5.88 Å². The lowest BCUT2D eigenvalue weighted by molar-refractivity contribution is 0.181. The molecule has 2 aromatic rings. The van der Waals surface area contributed by atoms with Gasteiger partial charge in [-0.05, 0) is 12.1 Å². The number of nitrogens with two attached hydrogens (primary N) is 1.